The Morgan fingerprint density at radius 2 is 2.60 bits per heavy atom. The van der Waals surface area contributed by atoms with Crippen LogP contribution in [0.3, 0.4) is 0 Å². The Morgan fingerprint density at radius 1 is 1.70 bits per heavy atom. The van der Waals surface area contributed by atoms with Gasteiger partial charge in [0.15, 0.2) is 0 Å². The first-order valence-electron chi connectivity index (χ1n) is 3.31. The van der Waals surface area contributed by atoms with E-state index >= 15 is 0 Å². The van der Waals surface area contributed by atoms with Gasteiger partial charge in [0.1, 0.15) is 6.33 Å². The summed E-state index contributed by atoms with van der Waals surface area (Å²) in [6.07, 6.45) is 4.68. The summed E-state index contributed by atoms with van der Waals surface area (Å²) in [7, 11) is 0. The number of rotatable bonds is 2. The Hall–Kier alpha value is -0.960. The zero-order chi connectivity index (χ0) is 6.81. The Bertz CT molecular complexity index is 208. The molecule has 1 aromatic heterocycles. The molecule has 1 aliphatic rings. The van der Waals surface area contributed by atoms with Crippen LogP contribution in [0.5, 0.6) is 0 Å². The standard InChI is InChI=1S/C7H8N2O/c1-2-8-5-9-6(1)3-7-4-10-7/h1-2,5,7H,3-4H2. The molecular formula is C7H8N2O. The van der Waals surface area contributed by atoms with Gasteiger partial charge >= 0.3 is 0 Å². The van der Waals surface area contributed by atoms with E-state index < -0.39 is 0 Å². The first-order chi connectivity index (χ1) is 4.95. The molecular weight excluding hydrogens is 128 g/mol. The van der Waals surface area contributed by atoms with Gasteiger partial charge in [-0.3, -0.25) is 0 Å². The molecule has 1 aromatic rings. The van der Waals surface area contributed by atoms with Crippen molar-refractivity contribution < 1.29 is 4.74 Å². The quantitative estimate of drug-likeness (QED) is 0.553. The lowest BCUT2D eigenvalue weighted by Gasteiger charge is -1.92. The van der Waals surface area contributed by atoms with Gasteiger partial charge < -0.3 is 4.74 Å². The van der Waals surface area contributed by atoms with Crippen molar-refractivity contribution in [2.24, 2.45) is 0 Å². The molecule has 0 saturated carbocycles. The third-order valence-corrected chi connectivity index (χ3v) is 1.48. The molecule has 2 heterocycles. The van der Waals surface area contributed by atoms with E-state index in [1.54, 1.807) is 12.5 Å². The highest BCUT2D eigenvalue weighted by atomic mass is 16.6. The Morgan fingerprint density at radius 3 is 3.20 bits per heavy atom. The summed E-state index contributed by atoms with van der Waals surface area (Å²) in [5.74, 6) is 0. The maximum atomic E-state index is 5.05. The minimum absolute atomic E-state index is 0.426. The van der Waals surface area contributed by atoms with Crippen molar-refractivity contribution in [1.29, 1.82) is 0 Å². The molecule has 0 aliphatic carbocycles. The molecule has 0 N–H and O–H groups in total. The van der Waals surface area contributed by atoms with E-state index in [1.807, 2.05) is 6.07 Å². The fraction of sp³-hybridized carbons (Fsp3) is 0.429. The maximum Gasteiger partial charge on any atom is 0.115 e. The molecule has 1 unspecified atom stereocenters. The Balaban J connectivity index is 2.03. The molecule has 1 aliphatic heterocycles. The molecule has 0 amide bonds. The SMILES string of the molecule is c1cc(CC2CO2)ncn1. The second kappa shape index (κ2) is 2.34. The molecule has 10 heavy (non-hydrogen) atoms. The van der Waals surface area contributed by atoms with E-state index in [0.717, 1.165) is 18.7 Å². The molecule has 3 heteroatoms. The third kappa shape index (κ3) is 1.30. The van der Waals surface area contributed by atoms with Crippen molar-refractivity contribution in [2.75, 3.05) is 6.61 Å². The van der Waals surface area contributed by atoms with Crippen molar-refractivity contribution >= 4 is 0 Å². The Kier molecular flexibility index (Phi) is 1.36. The van der Waals surface area contributed by atoms with Gasteiger partial charge in [0, 0.05) is 18.3 Å². The van der Waals surface area contributed by atoms with E-state index in [-0.39, 0.29) is 0 Å². The van der Waals surface area contributed by atoms with Crippen LogP contribution in [0.1, 0.15) is 5.69 Å². The van der Waals surface area contributed by atoms with Crippen LogP contribution in [0.4, 0.5) is 0 Å². The van der Waals surface area contributed by atoms with Crippen LogP contribution >= 0.6 is 0 Å². The Labute approximate surface area is 59.1 Å². The highest BCUT2D eigenvalue weighted by Crippen LogP contribution is 2.13. The minimum Gasteiger partial charge on any atom is -0.373 e. The van der Waals surface area contributed by atoms with Crippen LogP contribution in [0.2, 0.25) is 0 Å². The minimum atomic E-state index is 0.426. The largest absolute Gasteiger partial charge is 0.373 e. The second-order valence-electron chi connectivity index (χ2n) is 2.36. The van der Waals surface area contributed by atoms with Gasteiger partial charge in [-0.1, -0.05) is 0 Å². The van der Waals surface area contributed by atoms with Crippen molar-refractivity contribution in [2.45, 2.75) is 12.5 Å². The molecule has 0 radical (unpaired) electrons. The normalized spacial score (nSPS) is 22.6. The summed E-state index contributed by atoms with van der Waals surface area (Å²) < 4.78 is 5.05. The summed E-state index contributed by atoms with van der Waals surface area (Å²) in [6.45, 7) is 0.893. The first kappa shape index (κ1) is 5.80. The predicted octanol–water partition coefficient (Wildman–Crippen LogP) is 0.418. The van der Waals surface area contributed by atoms with Crippen LogP contribution in [-0.4, -0.2) is 22.7 Å². The summed E-state index contributed by atoms with van der Waals surface area (Å²) in [6, 6.07) is 1.92. The van der Waals surface area contributed by atoms with Crippen LogP contribution in [-0.2, 0) is 11.2 Å². The van der Waals surface area contributed by atoms with Crippen molar-refractivity contribution in [3.8, 4) is 0 Å². The fourth-order valence-electron chi connectivity index (χ4n) is 0.858. The lowest BCUT2D eigenvalue weighted by molar-refractivity contribution is 0.406. The van der Waals surface area contributed by atoms with Crippen LogP contribution < -0.4 is 0 Å². The smallest absolute Gasteiger partial charge is 0.115 e. The molecule has 1 fully saturated rings. The fourth-order valence-corrected chi connectivity index (χ4v) is 0.858. The monoisotopic (exact) mass is 136 g/mol. The lowest BCUT2D eigenvalue weighted by atomic mass is 10.2. The number of hydrogen-bond acceptors (Lipinski definition) is 3. The maximum absolute atomic E-state index is 5.05. The average Bonchev–Trinajstić information content (AvgIpc) is 2.74. The van der Waals surface area contributed by atoms with Gasteiger partial charge in [0.05, 0.1) is 12.7 Å². The number of ether oxygens (including phenoxy) is 1. The lowest BCUT2D eigenvalue weighted by Crippen LogP contribution is -1.95. The number of aromatic nitrogens is 2. The van der Waals surface area contributed by atoms with Gasteiger partial charge in [-0.15, -0.1) is 0 Å². The van der Waals surface area contributed by atoms with Gasteiger partial charge in [-0.2, -0.15) is 0 Å². The first-order valence-corrected chi connectivity index (χ1v) is 3.31. The predicted molar refractivity (Wildman–Crippen MR) is 35.5 cm³/mol. The molecule has 52 valence electrons. The van der Waals surface area contributed by atoms with E-state index in [0.29, 0.717) is 6.10 Å². The van der Waals surface area contributed by atoms with Gasteiger partial charge in [0.2, 0.25) is 0 Å². The van der Waals surface area contributed by atoms with E-state index in [4.69, 9.17) is 4.74 Å². The summed E-state index contributed by atoms with van der Waals surface area (Å²) in [5.41, 5.74) is 1.07. The van der Waals surface area contributed by atoms with E-state index in [1.165, 1.54) is 0 Å². The van der Waals surface area contributed by atoms with Crippen molar-refractivity contribution in [1.82, 2.24) is 9.97 Å². The van der Waals surface area contributed by atoms with Crippen molar-refractivity contribution in [3.05, 3.63) is 24.3 Å². The molecule has 0 spiro atoms. The number of hydrogen-bond donors (Lipinski definition) is 0. The van der Waals surface area contributed by atoms with Crippen LogP contribution in [0.25, 0.3) is 0 Å². The third-order valence-electron chi connectivity index (χ3n) is 1.48. The summed E-state index contributed by atoms with van der Waals surface area (Å²) in [4.78, 5) is 7.89. The molecule has 2 rings (SSSR count). The average molecular weight is 136 g/mol. The van der Waals surface area contributed by atoms with Crippen molar-refractivity contribution in [3.63, 3.8) is 0 Å². The highest BCUT2D eigenvalue weighted by molar-refractivity contribution is 5.01. The zero-order valence-corrected chi connectivity index (χ0v) is 5.53. The van der Waals surface area contributed by atoms with Gasteiger partial charge in [0.25, 0.3) is 0 Å². The molecule has 1 saturated heterocycles. The molecule has 3 nitrogen and oxygen atoms in total. The molecule has 0 aromatic carbocycles. The van der Waals surface area contributed by atoms with E-state index in [2.05, 4.69) is 9.97 Å². The van der Waals surface area contributed by atoms with Gasteiger partial charge in [-0.05, 0) is 6.07 Å². The summed E-state index contributed by atoms with van der Waals surface area (Å²) in [5, 5.41) is 0. The highest BCUT2D eigenvalue weighted by Gasteiger charge is 2.22. The van der Waals surface area contributed by atoms with Crippen LogP contribution in [0, 0.1) is 0 Å². The molecule has 0 bridgehead atoms. The zero-order valence-electron chi connectivity index (χ0n) is 5.53. The number of epoxide rings is 1. The van der Waals surface area contributed by atoms with Crippen LogP contribution in [0.15, 0.2) is 18.6 Å². The molecule has 1 atom stereocenters. The second-order valence-corrected chi connectivity index (χ2v) is 2.36. The number of nitrogens with zero attached hydrogens (tertiary/aromatic N) is 2. The van der Waals surface area contributed by atoms with E-state index in [9.17, 15) is 0 Å². The van der Waals surface area contributed by atoms with Gasteiger partial charge in [-0.25, -0.2) is 9.97 Å². The summed E-state index contributed by atoms with van der Waals surface area (Å²) >= 11 is 0. The topological polar surface area (TPSA) is 38.3 Å².